The molecule has 0 saturated heterocycles. The van der Waals surface area contributed by atoms with E-state index in [0.29, 0.717) is 5.02 Å². The van der Waals surface area contributed by atoms with Crippen LogP contribution in [0.3, 0.4) is 0 Å². The van der Waals surface area contributed by atoms with Crippen LogP contribution < -0.4 is 4.74 Å². The van der Waals surface area contributed by atoms with E-state index in [1.807, 2.05) is 84.5 Å². The molecule has 0 aliphatic carbocycles. The van der Waals surface area contributed by atoms with Crippen LogP contribution in [0.2, 0.25) is 5.02 Å². The molecule has 0 unspecified atom stereocenters. The molecule has 0 saturated carbocycles. The lowest BCUT2D eigenvalue weighted by Gasteiger charge is -2.09. The predicted octanol–water partition coefficient (Wildman–Crippen LogP) is 4.56. The van der Waals surface area contributed by atoms with Gasteiger partial charge in [0, 0.05) is 52.4 Å². The highest BCUT2D eigenvalue weighted by Gasteiger charge is 2.18. The van der Waals surface area contributed by atoms with Crippen LogP contribution in [0.5, 0.6) is 5.75 Å². The maximum absolute atomic E-state index is 6.02. The number of nitrogens with zero attached hydrogens (tertiary/aromatic N) is 6. The number of pyridine rings is 1. The number of rotatable bonds is 4. The van der Waals surface area contributed by atoms with E-state index in [4.69, 9.17) is 16.3 Å². The molecule has 4 aromatic heterocycles. The smallest absolute Gasteiger partial charge is 0.145 e. The van der Waals surface area contributed by atoms with Gasteiger partial charge in [-0.3, -0.25) is 4.68 Å². The zero-order valence-electron chi connectivity index (χ0n) is 16.7. The topological polar surface area (TPSA) is 62.2 Å². The number of benzene rings is 1. The molecule has 0 amide bonds. The minimum absolute atomic E-state index is 0.695. The van der Waals surface area contributed by atoms with Crippen LogP contribution in [-0.2, 0) is 7.05 Å². The second kappa shape index (κ2) is 7.03. The third-order valence-electron chi connectivity index (χ3n) is 5.21. The summed E-state index contributed by atoms with van der Waals surface area (Å²) in [6.07, 6.45) is 9.48. The summed E-state index contributed by atoms with van der Waals surface area (Å²) in [4.78, 5) is 0. The lowest BCUT2D eigenvalue weighted by Crippen LogP contribution is -1.98. The maximum Gasteiger partial charge on any atom is 0.145 e. The standard InChI is InChI=1S/C22H19ClN6O/c1-14-19(10-26-29(14)18-6-4-17(23)5-7-18)20-11-25-28-13-15(8-21(30-3)22(20)28)16-9-24-27(2)12-16/h4-13H,1-3H3. The summed E-state index contributed by atoms with van der Waals surface area (Å²) in [6, 6.07) is 9.62. The molecule has 0 radical (unpaired) electrons. The first kappa shape index (κ1) is 18.4. The largest absolute Gasteiger partial charge is 0.494 e. The van der Waals surface area contributed by atoms with E-state index in [-0.39, 0.29) is 0 Å². The molecule has 8 heteroatoms. The maximum atomic E-state index is 6.02. The molecule has 5 aromatic rings. The normalized spacial score (nSPS) is 11.3. The van der Waals surface area contributed by atoms with Gasteiger partial charge in [-0.2, -0.15) is 15.3 Å². The van der Waals surface area contributed by atoms with Crippen molar-refractivity contribution in [3.8, 4) is 33.7 Å². The van der Waals surface area contributed by atoms with Gasteiger partial charge in [0.25, 0.3) is 0 Å². The van der Waals surface area contributed by atoms with E-state index in [9.17, 15) is 0 Å². The monoisotopic (exact) mass is 418 g/mol. The van der Waals surface area contributed by atoms with E-state index < -0.39 is 0 Å². The van der Waals surface area contributed by atoms with Crippen LogP contribution in [-0.4, -0.2) is 36.3 Å². The molecule has 0 bridgehead atoms. The molecular weight excluding hydrogens is 400 g/mol. The van der Waals surface area contributed by atoms with Crippen LogP contribution in [0.25, 0.3) is 33.5 Å². The molecule has 30 heavy (non-hydrogen) atoms. The van der Waals surface area contributed by atoms with Crippen molar-refractivity contribution in [1.29, 1.82) is 0 Å². The number of aryl methyl sites for hydroxylation is 1. The Morgan fingerprint density at radius 3 is 2.37 bits per heavy atom. The van der Waals surface area contributed by atoms with Gasteiger partial charge in [-0.05, 0) is 37.3 Å². The van der Waals surface area contributed by atoms with Crippen molar-refractivity contribution in [1.82, 2.24) is 29.2 Å². The molecule has 1 aromatic carbocycles. The Balaban J connectivity index is 1.64. The van der Waals surface area contributed by atoms with E-state index in [2.05, 4.69) is 15.3 Å². The SMILES string of the molecule is COc1cc(-c2cnn(C)c2)cn2ncc(-c3cnn(-c4ccc(Cl)cc4)c3C)c12. The number of aromatic nitrogens is 6. The summed E-state index contributed by atoms with van der Waals surface area (Å²) in [5, 5.41) is 14.1. The van der Waals surface area contributed by atoms with Crippen LogP contribution >= 0.6 is 11.6 Å². The molecule has 7 nitrogen and oxygen atoms in total. The lowest BCUT2D eigenvalue weighted by molar-refractivity contribution is 0.418. The molecule has 0 atom stereocenters. The molecule has 4 heterocycles. The number of methoxy groups -OCH3 is 1. The predicted molar refractivity (Wildman–Crippen MR) is 116 cm³/mol. The highest BCUT2D eigenvalue weighted by Crippen LogP contribution is 2.36. The Morgan fingerprint density at radius 2 is 1.67 bits per heavy atom. The molecular formula is C22H19ClN6O. The van der Waals surface area contributed by atoms with Gasteiger partial charge in [0.05, 0.1) is 31.4 Å². The van der Waals surface area contributed by atoms with Crippen molar-refractivity contribution >= 4 is 17.1 Å². The van der Waals surface area contributed by atoms with Gasteiger partial charge >= 0.3 is 0 Å². The van der Waals surface area contributed by atoms with Crippen LogP contribution in [0.15, 0.2) is 61.3 Å². The van der Waals surface area contributed by atoms with Gasteiger partial charge in [0.2, 0.25) is 0 Å². The number of hydrogen-bond donors (Lipinski definition) is 0. The van der Waals surface area contributed by atoms with E-state index in [1.165, 1.54) is 0 Å². The Kier molecular flexibility index (Phi) is 4.33. The van der Waals surface area contributed by atoms with Gasteiger partial charge in [-0.25, -0.2) is 9.20 Å². The minimum Gasteiger partial charge on any atom is -0.494 e. The van der Waals surface area contributed by atoms with Gasteiger partial charge in [-0.1, -0.05) is 11.6 Å². The van der Waals surface area contributed by atoms with E-state index in [1.54, 1.807) is 11.8 Å². The van der Waals surface area contributed by atoms with E-state index in [0.717, 1.165) is 44.9 Å². The van der Waals surface area contributed by atoms with Gasteiger partial charge < -0.3 is 4.74 Å². The van der Waals surface area contributed by atoms with Crippen molar-refractivity contribution in [3.63, 3.8) is 0 Å². The van der Waals surface area contributed by atoms with Crippen molar-refractivity contribution in [3.05, 3.63) is 72.0 Å². The molecule has 5 rings (SSSR count). The van der Waals surface area contributed by atoms with Crippen molar-refractivity contribution < 1.29 is 4.74 Å². The van der Waals surface area contributed by atoms with Gasteiger partial charge in [0.1, 0.15) is 11.3 Å². The quantitative estimate of drug-likeness (QED) is 0.429. The fraction of sp³-hybridized carbons (Fsp3) is 0.136. The summed E-state index contributed by atoms with van der Waals surface area (Å²) in [5.74, 6) is 0.738. The summed E-state index contributed by atoms with van der Waals surface area (Å²) < 4.78 is 11.2. The average Bonchev–Trinajstić information content (AvgIpc) is 3.46. The Labute approximate surface area is 178 Å². The highest BCUT2D eigenvalue weighted by atomic mass is 35.5. The number of ether oxygens (including phenoxy) is 1. The summed E-state index contributed by atoms with van der Waals surface area (Å²) in [7, 11) is 3.57. The highest BCUT2D eigenvalue weighted by molar-refractivity contribution is 6.30. The lowest BCUT2D eigenvalue weighted by atomic mass is 10.1. The molecule has 0 fully saturated rings. The van der Waals surface area contributed by atoms with Crippen LogP contribution in [0.1, 0.15) is 5.69 Å². The number of halogens is 1. The fourth-order valence-electron chi connectivity index (χ4n) is 3.68. The third-order valence-corrected chi connectivity index (χ3v) is 5.46. The first-order valence-electron chi connectivity index (χ1n) is 9.40. The summed E-state index contributed by atoms with van der Waals surface area (Å²) in [5.41, 5.74) is 6.78. The Hall–Kier alpha value is -3.58. The van der Waals surface area contributed by atoms with Gasteiger partial charge in [-0.15, -0.1) is 0 Å². The summed E-state index contributed by atoms with van der Waals surface area (Å²) >= 11 is 6.02. The zero-order chi connectivity index (χ0) is 20.8. The molecule has 0 spiro atoms. The van der Waals surface area contributed by atoms with Crippen molar-refractivity contribution in [2.24, 2.45) is 7.05 Å². The Morgan fingerprint density at radius 1 is 0.900 bits per heavy atom. The fourth-order valence-corrected chi connectivity index (χ4v) is 3.81. The average molecular weight is 419 g/mol. The van der Waals surface area contributed by atoms with Crippen LogP contribution in [0, 0.1) is 6.92 Å². The molecule has 0 aliphatic rings. The van der Waals surface area contributed by atoms with Gasteiger partial charge in [0.15, 0.2) is 0 Å². The van der Waals surface area contributed by atoms with Crippen LogP contribution in [0.4, 0.5) is 0 Å². The second-order valence-corrected chi connectivity index (χ2v) is 7.52. The van der Waals surface area contributed by atoms with Crippen molar-refractivity contribution in [2.75, 3.05) is 7.11 Å². The van der Waals surface area contributed by atoms with E-state index >= 15 is 0 Å². The first-order chi connectivity index (χ1) is 14.5. The van der Waals surface area contributed by atoms with Crippen molar-refractivity contribution in [2.45, 2.75) is 6.92 Å². The molecule has 150 valence electrons. The second-order valence-electron chi connectivity index (χ2n) is 7.08. The number of fused-ring (bicyclic) bond motifs is 1. The third kappa shape index (κ3) is 2.95. The summed E-state index contributed by atoms with van der Waals surface area (Å²) in [6.45, 7) is 2.04. The zero-order valence-corrected chi connectivity index (χ0v) is 17.5. The molecule has 0 aliphatic heterocycles. The molecule has 0 N–H and O–H groups in total. The minimum atomic E-state index is 0.695. The number of hydrogen-bond acceptors (Lipinski definition) is 4. The first-order valence-corrected chi connectivity index (χ1v) is 9.78. The Bertz CT molecular complexity index is 1360.